The maximum atomic E-state index is 12.2. The summed E-state index contributed by atoms with van der Waals surface area (Å²) in [6.07, 6.45) is 4.86. The molecule has 0 spiro atoms. The lowest BCUT2D eigenvalue weighted by Crippen LogP contribution is -2.25. The van der Waals surface area contributed by atoms with Gasteiger partial charge in [0.25, 0.3) is 0 Å². The third-order valence-corrected chi connectivity index (χ3v) is 6.60. The van der Waals surface area contributed by atoms with Gasteiger partial charge in [0.05, 0.1) is 13.2 Å². The molecule has 0 unspecified atom stereocenters. The summed E-state index contributed by atoms with van der Waals surface area (Å²) in [5.74, 6) is -0.130. The average molecular weight is 577 g/mol. The Morgan fingerprint density at radius 1 is 0.905 bits per heavy atom. The SMILES string of the molecule is CC.CCCCOc1nc(N)c(NC(C)=O)c(N(C=O)Cc2ccc(-c3ccc(CN(CC)CCCC)cc3)cc2)n1. The number of carbonyl (C=O) groups excluding carboxylic acids is 2. The molecule has 0 fully saturated rings. The van der Waals surface area contributed by atoms with E-state index in [-0.39, 0.29) is 35.8 Å². The smallest absolute Gasteiger partial charge is 0.320 e. The van der Waals surface area contributed by atoms with Gasteiger partial charge in [-0.3, -0.25) is 19.4 Å². The van der Waals surface area contributed by atoms with E-state index < -0.39 is 0 Å². The van der Waals surface area contributed by atoms with Crippen LogP contribution in [-0.4, -0.2) is 46.9 Å². The summed E-state index contributed by atoms with van der Waals surface area (Å²) in [5.41, 5.74) is 10.7. The minimum Gasteiger partial charge on any atom is -0.463 e. The van der Waals surface area contributed by atoms with Gasteiger partial charge in [-0.2, -0.15) is 9.97 Å². The van der Waals surface area contributed by atoms with Crippen molar-refractivity contribution >= 4 is 29.6 Å². The van der Waals surface area contributed by atoms with Crippen LogP contribution in [0.25, 0.3) is 11.1 Å². The molecule has 1 aromatic heterocycles. The number of rotatable bonds is 16. The third-order valence-electron chi connectivity index (χ3n) is 6.60. The highest BCUT2D eigenvalue weighted by Gasteiger charge is 2.20. The van der Waals surface area contributed by atoms with Gasteiger partial charge in [-0.25, -0.2) is 0 Å². The molecule has 3 aromatic rings. The Kier molecular flexibility index (Phi) is 15.0. The Morgan fingerprint density at radius 2 is 1.48 bits per heavy atom. The number of carbonyl (C=O) groups is 2. The zero-order valence-corrected chi connectivity index (χ0v) is 26.2. The van der Waals surface area contributed by atoms with Crippen molar-refractivity contribution in [2.24, 2.45) is 0 Å². The normalized spacial score (nSPS) is 10.5. The summed E-state index contributed by atoms with van der Waals surface area (Å²) < 4.78 is 5.63. The van der Waals surface area contributed by atoms with Gasteiger partial charge >= 0.3 is 6.01 Å². The molecular weight excluding hydrogens is 528 g/mol. The topological polar surface area (TPSA) is 114 Å². The summed E-state index contributed by atoms with van der Waals surface area (Å²) in [7, 11) is 0. The van der Waals surface area contributed by atoms with Gasteiger partial charge in [0, 0.05) is 13.5 Å². The summed E-state index contributed by atoms with van der Waals surface area (Å²) in [4.78, 5) is 36.4. The van der Waals surface area contributed by atoms with Crippen molar-refractivity contribution in [1.29, 1.82) is 0 Å². The predicted octanol–water partition coefficient (Wildman–Crippen LogP) is 6.67. The molecule has 0 saturated carbocycles. The van der Waals surface area contributed by atoms with E-state index in [1.807, 2.05) is 45.0 Å². The molecule has 1 heterocycles. The molecular formula is C33H48N6O3. The van der Waals surface area contributed by atoms with Crippen molar-refractivity contribution in [3.63, 3.8) is 0 Å². The van der Waals surface area contributed by atoms with E-state index in [1.165, 1.54) is 30.2 Å². The van der Waals surface area contributed by atoms with E-state index in [0.29, 0.717) is 13.0 Å². The third kappa shape index (κ3) is 10.4. The monoisotopic (exact) mass is 576 g/mol. The molecule has 3 rings (SSSR count). The minimum absolute atomic E-state index is 0.0322. The Hall–Kier alpha value is -3.98. The fourth-order valence-electron chi connectivity index (χ4n) is 4.27. The van der Waals surface area contributed by atoms with Crippen molar-refractivity contribution < 1.29 is 14.3 Å². The van der Waals surface area contributed by atoms with Gasteiger partial charge in [0.15, 0.2) is 11.6 Å². The summed E-state index contributed by atoms with van der Waals surface area (Å²) in [6.45, 7) is 15.6. The van der Waals surface area contributed by atoms with E-state index in [1.54, 1.807) is 0 Å². The van der Waals surface area contributed by atoms with Gasteiger partial charge in [-0.1, -0.05) is 96.0 Å². The first-order chi connectivity index (χ1) is 20.4. The van der Waals surface area contributed by atoms with Gasteiger partial charge in [-0.05, 0) is 48.2 Å². The number of nitrogens with zero attached hydrogens (tertiary/aromatic N) is 4. The van der Waals surface area contributed by atoms with Crippen LogP contribution in [0.5, 0.6) is 6.01 Å². The second kappa shape index (κ2) is 18.5. The zero-order valence-electron chi connectivity index (χ0n) is 26.2. The Morgan fingerprint density at radius 3 is 1.98 bits per heavy atom. The minimum atomic E-state index is -0.346. The number of nitrogens with one attached hydrogen (secondary N) is 1. The summed E-state index contributed by atoms with van der Waals surface area (Å²) >= 11 is 0. The maximum absolute atomic E-state index is 12.2. The number of nitrogen functional groups attached to an aromatic ring is 1. The highest BCUT2D eigenvalue weighted by molar-refractivity contribution is 5.97. The number of ether oxygens (including phenoxy) is 1. The molecule has 0 radical (unpaired) electrons. The van der Waals surface area contributed by atoms with E-state index in [4.69, 9.17) is 10.5 Å². The number of unbranched alkanes of at least 4 members (excludes halogenated alkanes) is 2. The van der Waals surface area contributed by atoms with Crippen LogP contribution in [0.2, 0.25) is 0 Å². The quantitative estimate of drug-likeness (QED) is 0.145. The number of amides is 2. The van der Waals surface area contributed by atoms with Crippen molar-refractivity contribution in [3.05, 3.63) is 59.7 Å². The molecule has 2 aromatic carbocycles. The molecule has 0 bridgehead atoms. The molecule has 0 aliphatic rings. The number of nitrogens with two attached hydrogens (primary N) is 1. The molecule has 0 aliphatic carbocycles. The van der Waals surface area contributed by atoms with Crippen LogP contribution >= 0.6 is 0 Å². The second-order valence-electron chi connectivity index (χ2n) is 9.82. The number of hydrogen-bond acceptors (Lipinski definition) is 7. The van der Waals surface area contributed by atoms with Crippen molar-refractivity contribution in [1.82, 2.24) is 14.9 Å². The van der Waals surface area contributed by atoms with E-state index in [2.05, 4.69) is 58.3 Å². The van der Waals surface area contributed by atoms with Crippen LogP contribution < -0.4 is 20.7 Å². The average Bonchev–Trinajstić information content (AvgIpc) is 3.01. The van der Waals surface area contributed by atoms with Crippen LogP contribution in [0.1, 0.15) is 78.4 Å². The van der Waals surface area contributed by atoms with Crippen molar-refractivity contribution in [3.8, 4) is 17.1 Å². The maximum Gasteiger partial charge on any atom is 0.320 e. The molecule has 3 N–H and O–H groups in total. The second-order valence-corrected chi connectivity index (χ2v) is 9.82. The number of anilines is 3. The highest BCUT2D eigenvalue weighted by atomic mass is 16.5. The summed E-state index contributed by atoms with van der Waals surface area (Å²) in [6, 6.07) is 16.8. The summed E-state index contributed by atoms with van der Waals surface area (Å²) in [5, 5.41) is 2.65. The number of aromatic nitrogens is 2. The first-order valence-electron chi connectivity index (χ1n) is 15.1. The fraction of sp³-hybridized carbons (Fsp3) is 0.455. The van der Waals surface area contributed by atoms with E-state index >= 15 is 0 Å². The van der Waals surface area contributed by atoms with Crippen molar-refractivity contribution in [2.45, 2.75) is 80.3 Å². The van der Waals surface area contributed by atoms with Crippen LogP contribution in [0.15, 0.2) is 48.5 Å². The standard InChI is InChI=1S/C31H42N6O3.C2H6/c1-5-8-18-36(7-3)20-24-10-14-26(15-11-24)27-16-12-25(13-17-27)21-37(22-38)30-28(33-23(4)39)29(32)34-31(35-30)40-19-9-6-2;1-2/h10-17,22H,5-9,18-21H2,1-4H3,(H,33,39)(H2,32,34,35);1-2H3. The molecule has 0 saturated heterocycles. The van der Waals surface area contributed by atoms with Gasteiger partial charge < -0.3 is 15.8 Å². The van der Waals surface area contributed by atoms with Crippen LogP contribution in [0.3, 0.4) is 0 Å². The van der Waals surface area contributed by atoms with Crippen LogP contribution in [-0.2, 0) is 22.7 Å². The van der Waals surface area contributed by atoms with Crippen molar-refractivity contribution in [2.75, 3.05) is 35.6 Å². The fourth-order valence-corrected chi connectivity index (χ4v) is 4.27. The van der Waals surface area contributed by atoms with Crippen LogP contribution in [0, 0.1) is 0 Å². The molecule has 2 amide bonds. The zero-order chi connectivity index (χ0) is 30.9. The molecule has 0 atom stereocenters. The highest BCUT2D eigenvalue weighted by Crippen LogP contribution is 2.31. The Bertz CT molecular complexity index is 1230. The first kappa shape index (κ1) is 34.2. The number of benzene rings is 2. The largest absolute Gasteiger partial charge is 0.463 e. The lowest BCUT2D eigenvalue weighted by atomic mass is 10.0. The molecule has 0 aliphatic heterocycles. The molecule has 42 heavy (non-hydrogen) atoms. The lowest BCUT2D eigenvalue weighted by molar-refractivity contribution is -0.114. The predicted molar refractivity (Wildman–Crippen MR) is 172 cm³/mol. The Balaban J connectivity index is 0.00000301. The Labute approximate surface area is 251 Å². The lowest BCUT2D eigenvalue weighted by Gasteiger charge is -2.21. The molecule has 9 nitrogen and oxygen atoms in total. The van der Waals surface area contributed by atoms with Crippen LogP contribution in [0.4, 0.5) is 17.3 Å². The van der Waals surface area contributed by atoms with Gasteiger partial charge in [0.1, 0.15) is 5.69 Å². The van der Waals surface area contributed by atoms with E-state index in [0.717, 1.165) is 49.2 Å². The van der Waals surface area contributed by atoms with E-state index in [9.17, 15) is 9.59 Å². The number of hydrogen-bond donors (Lipinski definition) is 2. The molecule has 9 heteroatoms. The van der Waals surface area contributed by atoms with Gasteiger partial charge in [0.2, 0.25) is 12.3 Å². The van der Waals surface area contributed by atoms with Gasteiger partial charge in [-0.15, -0.1) is 0 Å². The molecule has 228 valence electrons. The first-order valence-corrected chi connectivity index (χ1v) is 15.1.